The van der Waals surface area contributed by atoms with Crippen molar-refractivity contribution < 1.29 is 19.1 Å². The van der Waals surface area contributed by atoms with Gasteiger partial charge in [0.15, 0.2) is 0 Å². The third-order valence-electron chi connectivity index (χ3n) is 4.58. The second-order valence-electron chi connectivity index (χ2n) is 6.03. The standard InChI is InChI=1S/C17H20N4O4/c1-17(16(23)25-3)7-4-10-20(17)15(22)13-11-12(24-2)5-6-14(13)21-18-8-9-19-21/h5-6,8-9,11H,4,7,10H2,1-3H3. The first kappa shape index (κ1) is 16.9. The molecule has 0 bridgehead atoms. The predicted molar refractivity (Wildman–Crippen MR) is 88.6 cm³/mol. The molecule has 1 saturated heterocycles. The van der Waals surface area contributed by atoms with Crippen molar-refractivity contribution in [3.63, 3.8) is 0 Å². The number of benzene rings is 1. The molecule has 1 aromatic heterocycles. The van der Waals surface area contributed by atoms with Crippen LogP contribution in [0.2, 0.25) is 0 Å². The lowest BCUT2D eigenvalue weighted by Gasteiger charge is -2.32. The van der Waals surface area contributed by atoms with Gasteiger partial charge in [0, 0.05) is 6.54 Å². The zero-order chi connectivity index (χ0) is 18.0. The topological polar surface area (TPSA) is 86.5 Å². The largest absolute Gasteiger partial charge is 0.497 e. The Balaban J connectivity index is 2.06. The third kappa shape index (κ3) is 2.84. The Morgan fingerprint density at radius 1 is 1.20 bits per heavy atom. The van der Waals surface area contributed by atoms with Crippen molar-refractivity contribution in [2.75, 3.05) is 20.8 Å². The zero-order valence-electron chi connectivity index (χ0n) is 14.4. The van der Waals surface area contributed by atoms with E-state index in [0.717, 1.165) is 6.42 Å². The highest BCUT2D eigenvalue weighted by Crippen LogP contribution is 2.33. The fourth-order valence-electron chi connectivity index (χ4n) is 3.19. The predicted octanol–water partition coefficient (Wildman–Crippen LogP) is 1.44. The number of nitrogens with zero attached hydrogens (tertiary/aromatic N) is 4. The Bertz CT molecular complexity index is 790. The first-order chi connectivity index (χ1) is 12.0. The molecule has 2 aromatic rings. The van der Waals surface area contributed by atoms with Gasteiger partial charge in [0.2, 0.25) is 0 Å². The fourth-order valence-corrected chi connectivity index (χ4v) is 3.19. The number of hydrogen-bond donors (Lipinski definition) is 0. The molecule has 0 N–H and O–H groups in total. The summed E-state index contributed by atoms with van der Waals surface area (Å²) < 4.78 is 10.2. The van der Waals surface area contributed by atoms with E-state index in [9.17, 15) is 9.59 Å². The lowest BCUT2D eigenvalue weighted by molar-refractivity contribution is -0.151. The van der Waals surface area contributed by atoms with E-state index in [1.165, 1.54) is 31.4 Å². The van der Waals surface area contributed by atoms with Crippen LogP contribution in [-0.2, 0) is 9.53 Å². The van der Waals surface area contributed by atoms with Gasteiger partial charge in [-0.15, -0.1) is 0 Å². The van der Waals surface area contributed by atoms with Crippen molar-refractivity contribution in [2.24, 2.45) is 0 Å². The Morgan fingerprint density at radius 2 is 1.92 bits per heavy atom. The van der Waals surface area contributed by atoms with E-state index < -0.39 is 11.5 Å². The number of ether oxygens (including phenoxy) is 2. The molecule has 0 radical (unpaired) electrons. The summed E-state index contributed by atoms with van der Waals surface area (Å²) in [4.78, 5) is 28.4. The molecule has 0 spiro atoms. The first-order valence-electron chi connectivity index (χ1n) is 7.96. The maximum Gasteiger partial charge on any atom is 0.331 e. The van der Waals surface area contributed by atoms with Gasteiger partial charge in [0.25, 0.3) is 5.91 Å². The quantitative estimate of drug-likeness (QED) is 0.780. The van der Waals surface area contributed by atoms with Gasteiger partial charge >= 0.3 is 5.97 Å². The van der Waals surface area contributed by atoms with Crippen LogP contribution in [0.1, 0.15) is 30.1 Å². The Labute approximate surface area is 145 Å². The van der Waals surface area contributed by atoms with Crippen molar-refractivity contribution in [3.05, 3.63) is 36.2 Å². The van der Waals surface area contributed by atoms with E-state index in [0.29, 0.717) is 30.0 Å². The second-order valence-corrected chi connectivity index (χ2v) is 6.03. The molecule has 132 valence electrons. The highest BCUT2D eigenvalue weighted by atomic mass is 16.5. The van der Waals surface area contributed by atoms with E-state index in [-0.39, 0.29) is 5.91 Å². The van der Waals surface area contributed by atoms with E-state index in [4.69, 9.17) is 9.47 Å². The summed E-state index contributed by atoms with van der Waals surface area (Å²) in [5.41, 5.74) is -0.0912. The normalized spacial score (nSPS) is 19.7. The minimum atomic E-state index is -0.982. The molecule has 0 saturated carbocycles. The van der Waals surface area contributed by atoms with Gasteiger partial charge < -0.3 is 14.4 Å². The number of aromatic nitrogens is 3. The number of methoxy groups -OCH3 is 2. The number of carbonyl (C=O) groups is 2. The van der Waals surface area contributed by atoms with Crippen LogP contribution in [0.15, 0.2) is 30.6 Å². The van der Waals surface area contributed by atoms with E-state index in [1.54, 1.807) is 30.0 Å². The maximum atomic E-state index is 13.3. The lowest BCUT2D eigenvalue weighted by Crippen LogP contribution is -2.51. The molecule has 1 aromatic carbocycles. The third-order valence-corrected chi connectivity index (χ3v) is 4.58. The fraction of sp³-hybridized carbons (Fsp3) is 0.412. The number of esters is 1. The van der Waals surface area contributed by atoms with Crippen molar-refractivity contribution in [1.82, 2.24) is 19.9 Å². The zero-order valence-corrected chi connectivity index (χ0v) is 14.4. The van der Waals surface area contributed by atoms with Gasteiger partial charge in [-0.25, -0.2) is 4.79 Å². The number of hydrogen-bond acceptors (Lipinski definition) is 6. The highest BCUT2D eigenvalue weighted by molar-refractivity contribution is 6.01. The Hall–Kier alpha value is -2.90. The minimum absolute atomic E-state index is 0.281. The van der Waals surface area contributed by atoms with Gasteiger partial charge in [-0.05, 0) is 38.0 Å². The van der Waals surface area contributed by atoms with Gasteiger partial charge in [-0.1, -0.05) is 0 Å². The molecule has 1 aliphatic rings. The van der Waals surface area contributed by atoms with Crippen LogP contribution in [0.4, 0.5) is 0 Å². The van der Waals surface area contributed by atoms with E-state index in [1.807, 2.05) is 0 Å². The highest BCUT2D eigenvalue weighted by Gasteiger charge is 2.47. The molecule has 1 atom stereocenters. The molecule has 1 aliphatic heterocycles. The van der Waals surface area contributed by atoms with Crippen LogP contribution in [0.3, 0.4) is 0 Å². The second kappa shape index (κ2) is 6.54. The minimum Gasteiger partial charge on any atom is -0.497 e. The first-order valence-corrected chi connectivity index (χ1v) is 7.96. The summed E-state index contributed by atoms with van der Waals surface area (Å²) >= 11 is 0. The van der Waals surface area contributed by atoms with Crippen LogP contribution in [0, 0.1) is 0 Å². The van der Waals surface area contributed by atoms with Crippen LogP contribution >= 0.6 is 0 Å². The summed E-state index contributed by atoms with van der Waals surface area (Å²) in [5, 5.41) is 8.20. The molecule has 3 rings (SSSR count). The molecule has 1 amide bonds. The molecular weight excluding hydrogens is 324 g/mol. The van der Waals surface area contributed by atoms with Gasteiger partial charge in [0.05, 0.1) is 37.9 Å². The molecule has 2 heterocycles. The van der Waals surface area contributed by atoms with Crippen molar-refractivity contribution in [1.29, 1.82) is 0 Å². The Morgan fingerprint density at radius 3 is 2.56 bits per heavy atom. The number of likely N-dealkylation sites (tertiary alicyclic amines) is 1. The summed E-state index contributed by atoms with van der Waals surface area (Å²) in [6, 6.07) is 5.09. The van der Waals surface area contributed by atoms with Crippen molar-refractivity contribution in [2.45, 2.75) is 25.3 Å². The number of rotatable bonds is 4. The van der Waals surface area contributed by atoms with Crippen molar-refractivity contribution >= 4 is 11.9 Å². The van der Waals surface area contributed by atoms with Gasteiger partial charge in [-0.2, -0.15) is 15.0 Å². The lowest BCUT2D eigenvalue weighted by atomic mass is 9.98. The smallest absolute Gasteiger partial charge is 0.331 e. The Kier molecular flexibility index (Phi) is 4.43. The molecule has 8 heteroatoms. The average molecular weight is 344 g/mol. The van der Waals surface area contributed by atoms with Crippen LogP contribution in [-0.4, -0.2) is 58.1 Å². The molecule has 8 nitrogen and oxygen atoms in total. The molecule has 1 unspecified atom stereocenters. The van der Waals surface area contributed by atoms with Crippen LogP contribution in [0.25, 0.3) is 5.69 Å². The van der Waals surface area contributed by atoms with Crippen molar-refractivity contribution in [3.8, 4) is 11.4 Å². The summed E-state index contributed by atoms with van der Waals surface area (Å²) in [5.74, 6) is -0.158. The molecule has 25 heavy (non-hydrogen) atoms. The number of carbonyl (C=O) groups excluding carboxylic acids is 2. The van der Waals surface area contributed by atoms with Gasteiger partial charge in [-0.3, -0.25) is 4.79 Å². The number of amides is 1. The summed E-state index contributed by atoms with van der Waals surface area (Å²) in [6.07, 6.45) is 4.36. The molecule has 1 fully saturated rings. The average Bonchev–Trinajstić information content (AvgIpc) is 3.30. The summed E-state index contributed by atoms with van der Waals surface area (Å²) in [6.45, 7) is 2.21. The van der Waals surface area contributed by atoms with E-state index in [2.05, 4.69) is 10.2 Å². The maximum absolute atomic E-state index is 13.3. The molecular formula is C17H20N4O4. The summed E-state index contributed by atoms with van der Waals surface area (Å²) in [7, 11) is 2.86. The van der Waals surface area contributed by atoms with Crippen LogP contribution in [0.5, 0.6) is 5.75 Å². The monoisotopic (exact) mass is 344 g/mol. The van der Waals surface area contributed by atoms with Crippen LogP contribution < -0.4 is 4.74 Å². The SMILES string of the molecule is COC(=O)C1(C)CCCN1C(=O)c1cc(OC)ccc1-n1nccn1. The molecule has 0 aliphatic carbocycles. The van der Waals surface area contributed by atoms with Gasteiger partial charge in [0.1, 0.15) is 11.3 Å². The van der Waals surface area contributed by atoms with E-state index >= 15 is 0 Å².